The predicted octanol–water partition coefficient (Wildman–Crippen LogP) is 4.74. The van der Waals surface area contributed by atoms with Crippen LogP contribution in [0.2, 0.25) is 0 Å². The minimum Gasteiger partial charge on any atom is -0.351 e. The van der Waals surface area contributed by atoms with Gasteiger partial charge in [0, 0.05) is 54.8 Å². The molecule has 3 aromatic rings. The van der Waals surface area contributed by atoms with Crippen LogP contribution in [-0.4, -0.2) is 52.9 Å². The van der Waals surface area contributed by atoms with E-state index in [0.29, 0.717) is 17.9 Å². The molecule has 6 nitrogen and oxygen atoms in total. The fourth-order valence-corrected chi connectivity index (χ4v) is 5.14. The first-order valence-electron chi connectivity index (χ1n) is 12.2. The summed E-state index contributed by atoms with van der Waals surface area (Å²) in [4.78, 5) is 24.9. The van der Waals surface area contributed by atoms with Crippen molar-refractivity contribution in [2.75, 3.05) is 24.5 Å². The van der Waals surface area contributed by atoms with Crippen LogP contribution in [0.1, 0.15) is 42.9 Å². The maximum atomic E-state index is 14.0. The summed E-state index contributed by atoms with van der Waals surface area (Å²) in [5.41, 5.74) is 3.18. The van der Waals surface area contributed by atoms with E-state index in [-0.39, 0.29) is 30.8 Å². The summed E-state index contributed by atoms with van der Waals surface area (Å²) in [6, 6.07) is 10.9. The van der Waals surface area contributed by atoms with Crippen molar-refractivity contribution >= 4 is 22.5 Å². The van der Waals surface area contributed by atoms with Crippen LogP contribution in [0.25, 0.3) is 21.9 Å². The molecule has 2 aromatic heterocycles. The van der Waals surface area contributed by atoms with Crippen molar-refractivity contribution in [2.45, 2.75) is 44.1 Å². The number of hydrogen-bond acceptors (Lipinski definition) is 5. The topological polar surface area (TPSA) is 73.1 Å². The fraction of sp³-hybridized carbons (Fsp3) is 0.407. The number of nitriles is 1. The monoisotopic (exact) mass is 473 g/mol. The van der Waals surface area contributed by atoms with Crippen LogP contribution >= 0.6 is 0 Å². The molecule has 1 unspecified atom stereocenters. The van der Waals surface area contributed by atoms with Crippen molar-refractivity contribution < 1.29 is 13.6 Å². The second-order valence-corrected chi connectivity index (χ2v) is 9.73. The molecule has 1 aliphatic heterocycles. The summed E-state index contributed by atoms with van der Waals surface area (Å²) in [7, 11) is 0. The number of halogens is 2. The summed E-state index contributed by atoms with van der Waals surface area (Å²) in [6.07, 6.45) is 4.51. The molecule has 0 N–H and O–H groups in total. The number of carbonyl (C=O) groups is 1. The number of pyridine rings is 2. The van der Waals surface area contributed by atoms with E-state index in [2.05, 4.69) is 11.1 Å². The first kappa shape index (κ1) is 21.9. The summed E-state index contributed by atoms with van der Waals surface area (Å²) in [5.74, 6) is 0.469. The predicted molar refractivity (Wildman–Crippen MR) is 128 cm³/mol. The molecule has 2 saturated carbocycles. The van der Waals surface area contributed by atoms with Crippen molar-refractivity contribution in [2.24, 2.45) is 5.92 Å². The molecule has 0 bridgehead atoms. The maximum absolute atomic E-state index is 14.0. The zero-order valence-electron chi connectivity index (χ0n) is 19.2. The van der Waals surface area contributed by atoms with Crippen molar-refractivity contribution in [3.8, 4) is 17.2 Å². The van der Waals surface area contributed by atoms with Crippen LogP contribution < -0.4 is 4.90 Å². The summed E-state index contributed by atoms with van der Waals surface area (Å²) >= 11 is 0. The number of fused-ring (bicyclic) bond motifs is 1. The van der Waals surface area contributed by atoms with Crippen LogP contribution in [0, 0.1) is 17.2 Å². The Labute approximate surface area is 202 Å². The molecule has 35 heavy (non-hydrogen) atoms. The van der Waals surface area contributed by atoms with Gasteiger partial charge in [-0.3, -0.25) is 9.78 Å². The quantitative estimate of drug-likeness (QED) is 0.535. The van der Waals surface area contributed by atoms with Gasteiger partial charge in [0.1, 0.15) is 17.9 Å². The first-order chi connectivity index (χ1) is 17.0. The number of hydrogen-bond donors (Lipinski definition) is 0. The Morgan fingerprint density at radius 1 is 1.11 bits per heavy atom. The average molecular weight is 474 g/mol. The highest BCUT2D eigenvalue weighted by Crippen LogP contribution is 2.46. The highest BCUT2D eigenvalue weighted by Gasteiger charge is 2.42. The highest BCUT2D eigenvalue weighted by molar-refractivity contribution is 5.97. The van der Waals surface area contributed by atoms with Gasteiger partial charge in [-0.05, 0) is 48.8 Å². The van der Waals surface area contributed by atoms with Gasteiger partial charge in [-0.1, -0.05) is 18.2 Å². The molecule has 0 spiro atoms. The number of carbonyl (C=O) groups excluding carboxylic acids is 1. The molecule has 2 aliphatic carbocycles. The summed E-state index contributed by atoms with van der Waals surface area (Å²) in [6.45, 7) is 0.571. The Morgan fingerprint density at radius 2 is 1.94 bits per heavy atom. The molecule has 178 valence electrons. The number of nitrogens with zero attached hydrogens (tertiary/aromatic N) is 5. The Kier molecular flexibility index (Phi) is 5.36. The number of piperazine rings is 1. The van der Waals surface area contributed by atoms with Gasteiger partial charge < -0.3 is 9.80 Å². The zero-order chi connectivity index (χ0) is 24.1. The van der Waals surface area contributed by atoms with E-state index in [9.17, 15) is 18.8 Å². The second kappa shape index (κ2) is 8.56. The van der Waals surface area contributed by atoms with Gasteiger partial charge in [-0.15, -0.1) is 0 Å². The molecular formula is C27H25F2N5O. The van der Waals surface area contributed by atoms with Crippen LogP contribution in [0.3, 0.4) is 0 Å². The fourth-order valence-electron chi connectivity index (χ4n) is 5.14. The number of rotatable bonds is 5. The number of alkyl halides is 2. The van der Waals surface area contributed by atoms with Crippen LogP contribution in [0.15, 0.2) is 42.7 Å². The lowest BCUT2D eigenvalue weighted by atomic mass is 9.95. The number of anilines is 1. The van der Waals surface area contributed by atoms with Crippen molar-refractivity contribution in [1.29, 1.82) is 5.26 Å². The lowest BCUT2D eigenvalue weighted by Crippen LogP contribution is -2.58. The normalized spacial score (nSPS) is 20.3. The lowest BCUT2D eigenvalue weighted by Gasteiger charge is -2.42. The minimum atomic E-state index is -2.66. The van der Waals surface area contributed by atoms with Gasteiger partial charge in [0.05, 0.1) is 11.3 Å². The summed E-state index contributed by atoms with van der Waals surface area (Å²) in [5, 5.41) is 12.1. The molecular weight excluding hydrogens is 448 g/mol. The van der Waals surface area contributed by atoms with E-state index >= 15 is 0 Å². The minimum absolute atomic E-state index is 0.0266. The number of amides is 1. The van der Waals surface area contributed by atoms with Crippen molar-refractivity contribution in [3.05, 3.63) is 54.0 Å². The van der Waals surface area contributed by atoms with Crippen molar-refractivity contribution in [1.82, 2.24) is 14.9 Å². The van der Waals surface area contributed by atoms with Gasteiger partial charge in [0.2, 0.25) is 5.91 Å². The third kappa shape index (κ3) is 3.99. The Hall–Kier alpha value is -3.60. The van der Waals surface area contributed by atoms with E-state index in [0.717, 1.165) is 53.3 Å². The Bertz CT molecular complexity index is 1340. The smallest absolute Gasteiger partial charge is 0.260 e. The SMILES string of the molecule is N#Cc1cc(-c2cccc3cnccc23)c(C2CC2)nc1N1CCN(C(=O)C2CC2)C(C(F)F)C1. The van der Waals surface area contributed by atoms with E-state index in [4.69, 9.17) is 4.98 Å². The zero-order valence-corrected chi connectivity index (χ0v) is 19.2. The molecule has 1 amide bonds. The standard InChI is InChI=1S/C27H25F2N5O/c28-25(29)23-15-33(10-11-34(23)27(35)17-6-7-17)26-19(13-30)12-22(24(32-26)16-4-5-16)21-3-1-2-18-14-31-9-8-20(18)21/h1-3,8-9,12,14,16-17,23,25H,4-7,10-11,15H2. The molecule has 8 heteroatoms. The Balaban J connectivity index is 1.40. The summed E-state index contributed by atoms with van der Waals surface area (Å²) < 4.78 is 28.1. The molecule has 3 aliphatic rings. The number of benzene rings is 1. The molecule has 1 aromatic carbocycles. The molecule has 0 radical (unpaired) electrons. The van der Waals surface area contributed by atoms with Crippen LogP contribution in [-0.2, 0) is 4.79 Å². The van der Waals surface area contributed by atoms with Gasteiger partial charge in [0.25, 0.3) is 6.43 Å². The molecule has 3 heterocycles. The molecule has 6 rings (SSSR count). The van der Waals surface area contributed by atoms with Crippen molar-refractivity contribution in [3.63, 3.8) is 0 Å². The van der Waals surface area contributed by atoms with E-state index in [1.165, 1.54) is 4.90 Å². The molecule has 1 saturated heterocycles. The number of aromatic nitrogens is 2. The van der Waals surface area contributed by atoms with Crippen LogP contribution in [0.4, 0.5) is 14.6 Å². The van der Waals surface area contributed by atoms with Gasteiger partial charge in [0.15, 0.2) is 0 Å². The van der Waals surface area contributed by atoms with Gasteiger partial charge >= 0.3 is 0 Å². The average Bonchev–Trinajstić information content (AvgIpc) is 3.80. The van der Waals surface area contributed by atoms with E-state index in [1.54, 1.807) is 11.1 Å². The second-order valence-electron chi connectivity index (χ2n) is 9.73. The lowest BCUT2D eigenvalue weighted by molar-refractivity contribution is -0.139. The third-order valence-corrected chi connectivity index (χ3v) is 7.31. The first-order valence-corrected chi connectivity index (χ1v) is 12.2. The van der Waals surface area contributed by atoms with Gasteiger partial charge in [-0.25, -0.2) is 13.8 Å². The maximum Gasteiger partial charge on any atom is 0.260 e. The molecule has 1 atom stereocenters. The van der Waals surface area contributed by atoms with Gasteiger partial charge in [-0.2, -0.15) is 5.26 Å². The third-order valence-electron chi connectivity index (χ3n) is 7.31. The molecule has 3 fully saturated rings. The Morgan fingerprint density at radius 3 is 2.66 bits per heavy atom. The van der Waals surface area contributed by atoms with Crippen LogP contribution in [0.5, 0.6) is 0 Å². The highest BCUT2D eigenvalue weighted by atomic mass is 19.3. The van der Waals surface area contributed by atoms with E-state index in [1.807, 2.05) is 36.5 Å². The van der Waals surface area contributed by atoms with E-state index < -0.39 is 12.5 Å². The largest absolute Gasteiger partial charge is 0.351 e.